The first-order valence-corrected chi connectivity index (χ1v) is 7.88. The number of hydrogen-bond acceptors (Lipinski definition) is 3. The van der Waals surface area contributed by atoms with Gasteiger partial charge in [0.1, 0.15) is 11.5 Å². The van der Waals surface area contributed by atoms with Gasteiger partial charge in [0.05, 0.1) is 23.1 Å². The Hall–Kier alpha value is -2.04. The van der Waals surface area contributed by atoms with Gasteiger partial charge in [0, 0.05) is 12.5 Å². The fourth-order valence-corrected chi connectivity index (χ4v) is 2.31. The van der Waals surface area contributed by atoms with Crippen molar-refractivity contribution in [3.8, 4) is 0 Å². The second-order valence-corrected chi connectivity index (χ2v) is 5.95. The number of aryl methyl sites for hydroxylation is 2. The first-order valence-electron chi connectivity index (χ1n) is 7.88. The van der Waals surface area contributed by atoms with Crippen molar-refractivity contribution in [2.24, 2.45) is 0 Å². The summed E-state index contributed by atoms with van der Waals surface area (Å²) in [6, 6.07) is 1.83. The van der Waals surface area contributed by atoms with E-state index < -0.39 is 0 Å². The van der Waals surface area contributed by atoms with Gasteiger partial charge in [-0.1, -0.05) is 27.2 Å². The monoisotopic (exact) mass is 303 g/mol. The number of furan rings is 1. The summed E-state index contributed by atoms with van der Waals surface area (Å²) in [5, 5.41) is 7.27. The average Bonchev–Trinajstić information content (AvgIpc) is 3.02. The van der Waals surface area contributed by atoms with E-state index in [9.17, 15) is 4.79 Å². The summed E-state index contributed by atoms with van der Waals surface area (Å²) in [5.74, 6) is 1.60. The van der Waals surface area contributed by atoms with E-state index in [-0.39, 0.29) is 11.8 Å². The van der Waals surface area contributed by atoms with Crippen molar-refractivity contribution in [2.75, 3.05) is 5.32 Å². The highest BCUT2D eigenvalue weighted by atomic mass is 16.3. The number of amides is 1. The SMILES string of the molecule is CCCCn1ncc(NC(=O)c2cc(C(C)C)oc2C)c1C. The van der Waals surface area contributed by atoms with Crippen LogP contribution >= 0.6 is 0 Å². The highest BCUT2D eigenvalue weighted by molar-refractivity contribution is 6.05. The molecule has 0 radical (unpaired) electrons. The molecule has 2 aromatic heterocycles. The second-order valence-electron chi connectivity index (χ2n) is 5.95. The zero-order valence-corrected chi connectivity index (χ0v) is 14.1. The van der Waals surface area contributed by atoms with Crippen molar-refractivity contribution < 1.29 is 9.21 Å². The average molecular weight is 303 g/mol. The third-order valence-electron chi connectivity index (χ3n) is 3.83. The Labute approximate surface area is 131 Å². The standard InChI is InChI=1S/C17H25N3O2/c1-6-7-8-20-12(4)15(10-18-20)19-17(21)14-9-16(11(2)3)22-13(14)5/h9-11H,6-8H2,1-5H3,(H,19,21). The van der Waals surface area contributed by atoms with E-state index in [0.717, 1.165) is 36.5 Å². The molecule has 1 amide bonds. The number of nitrogens with zero attached hydrogens (tertiary/aromatic N) is 2. The van der Waals surface area contributed by atoms with E-state index in [2.05, 4.69) is 17.3 Å². The quantitative estimate of drug-likeness (QED) is 0.867. The Bertz CT molecular complexity index is 653. The summed E-state index contributed by atoms with van der Waals surface area (Å²) in [4.78, 5) is 12.4. The molecule has 0 spiro atoms. The highest BCUT2D eigenvalue weighted by Gasteiger charge is 2.18. The van der Waals surface area contributed by atoms with Crippen LogP contribution in [0.1, 0.15) is 67.1 Å². The van der Waals surface area contributed by atoms with Crippen LogP contribution in [0.15, 0.2) is 16.7 Å². The van der Waals surface area contributed by atoms with E-state index in [1.165, 1.54) is 0 Å². The summed E-state index contributed by atoms with van der Waals surface area (Å²) < 4.78 is 7.57. The molecule has 0 saturated carbocycles. The Morgan fingerprint density at radius 2 is 2.14 bits per heavy atom. The molecule has 0 bridgehead atoms. The van der Waals surface area contributed by atoms with Gasteiger partial charge in [-0.3, -0.25) is 9.48 Å². The molecule has 2 heterocycles. The van der Waals surface area contributed by atoms with Crippen LogP contribution in [0.4, 0.5) is 5.69 Å². The maximum atomic E-state index is 12.4. The van der Waals surface area contributed by atoms with Crippen LogP contribution in [-0.4, -0.2) is 15.7 Å². The largest absolute Gasteiger partial charge is 0.465 e. The Morgan fingerprint density at radius 3 is 2.73 bits per heavy atom. The second kappa shape index (κ2) is 6.81. The van der Waals surface area contributed by atoms with Crippen LogP contribution in [0.2, 0.25) is 0 Å². The minimum atomic E-state index is -0.147. The van der Waals surface area contributed by atoms with Gasteiger partial charge in [-0.2, -0.15) is 5.10 Å². The molecular formula is C17H25N3O2. The van der Waals surface area contributed by atoms with Crippen molar-refractivity contribution in [2.45, 2.75) is 59.9 Å². The predicted octanol–water partition coefficient (Wildman–Crippen LogP) is 4.27. The van der Waals surface area contributed by atoms with Gasteiger partial charge < -0.3 is 9.73 Å². The molecule has 5 nitrogen and oxygen atoms in total. The number of nitrogens with one attached hydrogen (secondary N) is 1. The minimum Gasteiger partial charge on any atom is -0.465 e. The predicted molar refractivity (Wildman–Crippen MR) is 87.4 cm³/mol. The van der Waals surface area contributed by atoms with Crippen LogP contribution in [0.3, 0.4) is 0 Å². The van der Waals surface area contributed by atoms with Gasteiger partial charge in [0.25, 0.3) is 5.91 Å². The highest BCUT2D eigenvalue weighted by Crippen LogP contribution is 2.23. The number of aromatic nitrogens is 2. The number of carbonyl (C=O) groups excluding carboxylic acids is 1. The molecule has 0 aromatic carbocycles. The van der Waals surface area contributed by atoms with E-state index in [1.807, 2.05) is 38.4 Å². The van der Waals surface area contributed by atoms with Gasteiger partial charge in [0.2, 0.25) is 0 Å². The van der Waals surface area contributed by atoms with Crippen LogP contribution in [0, 0.1) is 13.8 Å². The van der Waals surface area contributed by atoms with Gasteiger partial charge in [-0.05, 0) is 26.3 Å². The molecule has 0 atom stereocenters. The maximum Gasteiger partial charge on any atom is 0.259 e. The zero-order valence-electron chi connectivity index (χ0n) is 14.1. The first kappa shape index (κ1) is 16.3. The van der Waals surface area contributed by atoms with E-state index in [4.69, 9.17) is 4.42 Å². The van der Waals surface area contributed by atoms with Crippen LogP contribution < -0.4 is 5.32 Å². The Morgan fingerprint density at radius 1 is 1.41 bits per heavy atom. The lowest BCUT2D eigenvalue weighted by molar-refractivity contribution is 0.102. The summed E-state index contributed by atoms with van der Waals surface area (Å²) in [7, 11) is 0. The van der Waals surface area contributed by atoms with Crippen molar-refractivity contribution >= 4 is 11.6 Å². The molecule has 0 aliphatic heterocycles. The lowest BCUT2D eigenvalue weighted by Gasteiger charge is -2.05. The van der Waals surface area contributed by atoms with E-state index in [0.29, 0.717) is 11.3 Å². The lowest BCUT2D eigenvalue weighted by Crippen LogP contribution is -2.13. The molecule has 120 valence electrons. The van der Waals surface area contributed by atoms with Crippen LogP contribution in [0.25, 0.3) is 0 Å². The van der Waals surface area contributed by atoms with Crippen molar-refractivity contribution in [3.63, 3.8) is 0 Å². The van der Waals surface area contributed by atoms with Gasteiger partial charge in [0.15, 0.2) is 0 Å². The van der Waals surface area contributed by atoms with Crippen LogP contribution in [0.5, 0.6) is 0 Å². The molecule has 0 aliphatic carbocycles. The molecular weight excluding hydrogens is 278 g/mol. The molecule has 2 aromatic rings. The molecule has 5 heteroatoms. The molecule has 0 saturated heterocycles. The van der Waals surface area contributed by atoms with Crippen LogP contribution in [-0.2, 0) is 6.54 Å². The smallest absolute Gasteiger partial charge is 0.259 e. The van der Waals surface area contributed by atoms with E-state index >= 15 is 0 Å². The Balaban J connectivity index is 2.14. The molecule has 1 N–H and O–H groups in total. The summed E-state index contributed by atoms with van der Waals surface area (Å²) in [5.41, 5.74) is 2.32. The normalized spacial score (nSPS) is 11.2. The lowest BCUT2D eigenvalue weighted by atomic mass is 10.1. The summed E-state index contributed by atoms with van der Waals surface area (Å²) in [6.45, 7) is 10.9. The molecule has 2 rings (SSSR count). The first-order chi connectivity index (χ1) is 10.4. The molecule has 0 unspecified atom stereocenters. The molecule has 0 fully saturated rings. The minimum absolute atomic E-state index is 0.147. The number of hydrogen-bond donors (Lipinski definition) is 1. The number of anilines is 1. The summed E-state index contributed by atoms with van der Waals surface area (Å²) in [6.07, 6.45) is 3.91. The maximum absolute atomic E-state index is 12.4. The Kier molecular flexibility index (Phi) is 5.06. The van der Waals surface area contributed by atoms with Gasteiger partial charge in [-0.25, -0.2) is 0 Å². The topological polar surface area (TPSA) is 60.1 Å². The third-order valence-corrected chi connectivity index (χ3v) is 3.83. The fourth-order valence-electron chi connectivity index (χ4n) is 2.31. The summed E-state index contributed by atoms with van der Waals surface area (Å²) >= 11 is 0. The van der Waals surface area contributed by atoms with Crippen molar-refractivity contribution in [1.82, 2.24) is 9.78 Å². The van der Waals surface area contributed by atoms with Gasteiger partial charge in [-0.15, -0.1) is 0 Å². The number of rotatable bonds is 6. The van der Waals surface area contributed by atoms with E-state index in [1.54, 1.807) is 6.20 Å². The van der Waals surface area contributed by atoms with Crippen molar-refractivity contribution in [1.29, 1.82) is 0 Å². The number of carbonyl (C=O) groups is 1. The zero-order chi connectivity index (χ0) is 16.3. The van der Waals surface area contributed by atoms with Gasteiger partial charge >= 0.3 is 0 Å². The third kappa shape index (κ3) is 3.40. The molecule has 22 heavy (non-hydrogen) atoms. The molecule has 0 aliphatic rings. The van der Waals surface area contributed by atoms with Crippen molar-refractivity contribution in [3.05, 3.63) is 35.0 Å². The number of unbranched alkanes of at least 4 members (excludes halogenated alkanes) is 1. The fraction of sp³-hybridized carbons (Fsp3) is 0.529.